The molecule has 3 nitrogen and oxygen atoms in total. The zero-order valence-corrected chi connectivity index (χ0v) is 13.8. The normalized spacial score (nSPS) is 42.4. The molecule has 0 bridgehead atoms. The summed E-state index contributed by atoms with van der Waals surface area (Å²) in [6.07, 6.45) is 8.93. The molecule has 1 aliphatic carbocycles. The molecule has 4 unspecified atom stereocenters. The van der Waals surface area contributed by atoms with Gasteiger partial charge in [0.2, 0.25) is 0 Å². The van der Waals surface area contributed by atoms with Gasteiger partial charge in [0, 0.05) is 37.8 Å². The first-order valence-electron chi connectivity index (χ1n) is 9.35. The van der Waals surface area contributed by atoms with Gasteiger partial charge in [-0.1, -0.05) is 20.3 Å². The van der Waals surface area contributed by atoms with Crippen molar-refractivity contribution in [3.05, 3.63) is 0 Å². The molecule has 0 N–H and O–H groups in total. The van der Waals surface area contributed by atoms with E-state index in [2.05, 4.69) is 23.6 Å². The molecule has 21 heavy (non-hydrogen) atoms. The fraction of sp³-hybridized carbons (Fsp3) is 1.00. The van der Waals surface area contributed by atoms with E-state index < -0.39 is 0 Å². The van der Waals surface area contributed by atoms with Crippen molar-refractivity contribution < 1.29 is 4.74 Å². The van der Waals surface area contributed by atoms with Gasteiger partial charge in [-0.2, -0.15) is 0 Å². The quantitative estimate of drug-likeness (QED) is 0.795. The topological polar surface area (TPSA) is 15.7 Å². The Bertz CT molecular complexity index is 368. The molecular formula is C18H32N2O. The lowest BCUT2D eigenvalue weighted by Crippen LogP contribution is -2.64. The van der Waals surface area contributed by atoms with Crippen molar-refractivity contribution in [2.24, 2.45) is 11.8 Å². The van der Waals surface area contributed by atoms with E-state index in [1.807, 2.05) is 0 Å². The highest BCUT2D eigenvalue weighted by molar-refractivity contribution is 5.01. The van der Waals surface area contributed by atoms with Crippen molar-refractivity contribution in [2.75, 3.05) is 26.2 Å². The van der Waals surface area contributed by atoms with Gasteiger partial charge in [0.05, 0.1) is 6.10 Å². The SMILES string of the molecule is CC(C)C1CN2CCCCC2CN1C1CCOC1C1CC1. The maximum atomic E-state index is 6.15. The van der Waals surface area contributed by atoms with Crippen LogP contribution in [0.3, 0.4) is 0 Å². The van der Waals surface area contributed by atoms with Crippen LogP contribution in [0.4, 0.5) is 0 Å². The van der Waals surface area contributed by atoms with Crippen molar-refractivity contribution in [3.8, 4) is 0 Å². The van der Waals surface area contributed by atoms with E-state index in [-0.39, 0.29) is 0 Å². The maximum Gasteiger partial charge on any atom is 0.0759 e. The van der Waals surface area contributed by atoms with Crippen molar-refractivity contribution in [1.29, 1.82) is 0 Å². The van der Waals surface area contributed by atoms with Crippen molar-refractivity contribution >= 4 is 0 Å². The molecule has 0 aromatic carbocycles. The minimum atomic E-state index is 0.557. The van der Waals surface area contributed by atoms with Gasteiger partial charge in [-0.15, -0.1) is 0 Å². The molecule has 120 valence electrons. The number of hydrogen-bond donors (Lipinski definition) is 0. The summed E-state index contributed by atoms with van der Waals surface area (Å²) >= 11 is 0. The standard InChI is InChI=1S/C18H32N2O/c1-13(2)17-12-19-9-4-3-5-15(19)11-20(17)16-8-10-21-18(16)14-6-7-14/h13-18H,3-12H2,1-2H3. The molecule has 3 aliphatic heterocycles. The Balaban J connectivity index is 1.52. The Morgan fingerprint density at radius 1 is 1.00 bits per heavy atom. The van der Waals surface area contributed by atoms with Crippen molar-refractivity contribution in [1.82, 2.24) is 9.80 Å². The van der Waals surface area contributed by atoms with Crippen LogP contribution in [0.1, 0.15) is 52.4 Å². The second kappa shape index (κ2) is 5.82. The molecule has 4 rings (SSSR count). The van der Waals surface area contributed by atoms with Crippen LogP contribution in [0.15, 0.2) is 0 Å². The Hall–Kier alpha value is -0.120. The first kappa shape index (κ1) is 14.5. The molecule has 0 spiro atoms. The van der Waals surface area contributed by atoms with Crippen LogP contribution in [0.2, 0.25) is 0 Å². The van der Waals surface area contributed by atoms with Gasteiger partial charge < -0.3 is 4.74 Å². The summed E-state index contributed by atoms with van der Waals surface area (Å²) in [5.74, 6) is 1.64. The van der Waals surface area contributed by atoms with Crippen LogP contribution >= 0.6 is 0 Å². The number of piperidine rings is 1. The summed E-state index contributed by atoms with van der Waals surface area (Å²) < 4.78 is 6.15. The molecule has 4 aliphatic rings. The lowest BCUT2D eigenvalue weighted by atomic mass is 9.89. The number of piperazine rings is 1. The second-order valence-corrected chi connectivity index (χ2v) is 8.18. The number of hydrogen-bond acceptors (Lipinski definition) is 3. The van der Waals surface area contributed by atoms with E-state index in [4.69, 9.17) is 4.74 Å². The van der Waals surface area contributed by atoms with E-state index in [1.54, 1.807) is 0 Å². The lowest BCUT2D eigenvalue weighted by molar-refractivity contribution is -0.0511. The third-order valence-electron chi connectivity index (χ3n) is 6.40. The summed E-state index contributed by atoms with van der Waals surface area (Å²) in [7, 11) is 0. The Morgan fingerprint density at radius 3 is 2.62 bits per heavy atom. The lowest BCUT2D eigenvalue weighted by Gasteiger charge is -2.52. The largest absolute Gasteiger partial charge is 0.376 e. The molecule has 4 fully saturated rings. The van der Waals surface area contributed by atoms with Crippen LogP contribution in [-0.2, 0) is 4.74 Å². The van der Waals surface area contributed by atoms with Crippen molar-refractivity contribution in [3.63, 3.8) is 0 Å². The third-order valence-corrected chi connectivity index (χ3v) is 6.40. The Kier molecular flexibility index (Phi) is 4.01. The average molecular weight is 292 g/mol. The third kappa shape index (κ3) is 2.77. The summed E-state index contributed by atoms with van der Waals surface area (Å²) in [5, 5.41) is 0. The first-order chi connectivity index (χ1) is 10.2. The summed E-state index contributed by atoms with van der Waals surface area (Å²) in [5.41, 5.74) is 0. The molecule has 0 aromatic rings. The van der Waals surface area contributed by atoms with Gasteiger partial charge in [0.1, 0.15) is 0 Å². The van der Waals surface area contributed by atoms with Crippen LogP contribution in [0, 0.1) is 11.8 Å². The maximum absolute atomic E-state index is 6.15. The molecule has 0 amide bonds. The molecule has 0 aromatic heterocycles. The number of ether oxygens (including phenoxy) is 1. The van der Waals surface area contributed by atoms with Gasteiger partial charge in [-0.3, -0.25) is 9.80 Å². The van der Waals surface area contributed by atoms with E-state index >= 15 is 0 Å². The highest BCUT2D eigenvalue weighted by atomic mass is 16.5. The molecular weight excluding hydrogens is 260 g/mol. The summed E-state index contributed by atoms with van der Waals surface area (Å²) in [4.78, 5) is 5.69. The zero-order valence-electron chi connectivity index (χ0n) is 13.8. The minimum absolute atomic E-state index is 0.557. The molecule has 1 saturated carbocycles. The van der Waals surface area contributed by atoms with Crippen LogP contribution in [-0.4, -0.2) is 60.3 Å². The number of rotatable bonds is 3. The highest BCUT2D eigenvalue weighted by Crippen LogP contribution is 2.42. The van der Waals surface area contributed by atoms with E-state index in [9.17, 15) is 0 Å². The zero-order chi connectivity index (χ0) is 14.4. The Morgan fingerprint density at radius 2 is 1.86 bits per heavy atom. The van der Waals surface area contributed by atoms with Gasteiger partial charge in [0.25, 0.3) is 0 Å². The number of fused-ring (bicyclic) bond motifs is 1. The van der Waals surface area contributed by atoms with Gasteiger partial charge in [0.15, 0.2) is 0 Å². The van der Waals surface area contributed by atoms with Crippen LogP contribution in [0.5, 0.6) is 0 Å². The number of nitrogens with zero attached hydrogens (tertiary/aromatic N) is 2. The van der Waals surface area contributed by atoms with E-state index in [1.165, 1.54) is 58.2 Å². The van der Waals surface area contributed by atoms with Gasteiger partial charge in [-0.05, 0) is 50.5 Å². The van der Waals surface area contributed by atoms with Crippen LogP contribution in [0.25, 0.3) is 0 Å². The van der Waals surface area contributed by atoms with Crippen LogP contribution < -0.4 is 0 Å². The predicted octanol–water partition coefficient (Wildman–Crippen LogP) is 2.75. The fourth-order valence-corrected chi connectivity index (χ4v) is 5.04. The molecule has 3 saturated heterocycles. The average Bonchev–Trinajstić information content (AvgIpc) is 3.23. The van der Waals surface area contributed by atoms with Crippen molar-refractivity contribution in [2.45, 2.75) is 76.6 Å². The van der Waals surface area contributed by atoms with E-state index in [0.29, 0.717) is 12.1 Å². The molecule has 4 atom stereocenters. The monoisotopic (exact) mass is 292 g/mol. The van der Waals surface area contributed by atoms with Gasteiger partial charge in [-0.25, -0.2) is 0 Å². The summed E-state index contributed by atoms with van der Waals surface area (Å²) in [6.45, 7) is 9.79. The minimum Gasteiger partial charge on any atom is -0.376 e. The summed E-state index contributed by atoms with van der Waals surface area (Å²) in [6, 6.07) is 2.29. The second-order valence-electron chi connectivity index (χ2n) is 8.18. The fourth-order valence-electron chi connectivity index (χ4n) is 5.04. The first-order valence-corrected chi connectivity index (χ1v) is 9.35. The highest BCUT2D eigenvalue weighted by Gasteiger charge is 2.47. The Labute approximate surface area is 130 Å². The van der Waals surface area contributed by atoms with Gasteiger partial charge >= 0.3 is 0 Å². The smallest absolute Gasteiger partial charge is 0.0759 e. The predicted molar refractivity (Wildman–Crippen MR) is 85.4 cm³/mol. The molecule has 3 heterocycles. The van der Waals surface area contributed by atoms with E-state index in [0.717, 1.165) is 30.5 Å². The molecule has 3 heteroatoms. The molecule has 0 radical (unpaired) electrons.